The first kappa shape index (κ1) is 13.9. The Hall–Kier alpha value is -1.04. The highest BCUT2D eigenvalue weighted by Gasteiger charge is 2.12. The maximum atomic E-state index is 14.0. The number of halogens is 3. The lowest BCUT2D eigenvalue weighted by Crippen LogP contribution is -1.84. The number of nitrogens with zero attached hydrogens (tertiary/aromatic N) is 1. The zero-order valence-corrected chi connectivity index (χ0v) is 14.1. The summed E-state index contributed by atoms with van der Waals surface area (Å²) in [5.74, 6) is -0.271. The Balaban J connectivity index is 2.04. The van der Waals surface area contributed by atoms with Crippen LogP contribution in [0.15, 0.2) is 56.8 Å². The van der Waals surface area contributed by atoms with E-state index in [2.05, 4.69) is 36.8 Å². The molecule has 20 heavy (non-hydrogen) atoms. The van der Waals surface area contributed by atoms with E-state index in [4.69, 9.17) is 0 Å². The molecule has 0 N–H and O–H groups in total. The maximum Gasteiger partial charge on any atom is 0.134 e. The molecule has 2 aromatic carbocycles. The van der Waals surface area contributed by atoms with Crippen molar-refractivity contribution in [3.63, 3.8) is 0 Å². The molecule has 0 spiro atoms. The van der Waals surface area contributed by atoms with Crippen LogP contribution in [0.3, 0.4) is 0 Å². The minimum Gasteiger partial charge on any atom is -0.236 e. The minimum absolute atomic E-state index is 0.271. The highest BCUT2D eigenvalue weighted by atomic mass is 79.9. The van der Waals surface area contributed by atoms with Gasteiger partial charge in [-0.3, -0.25) is 0 Å². The van der Waals surface area contributed by atoms with Gasteiger partial charge in [-0.25, -0.2) is 9.37 Å². The molecule has 0 saturated heterocycles. The summed E-state index contributed by atoms with van der Waals surface area (Å²) in [5.41, 5.74) is 2.38. The maximum absolute atomic E-state index is 14.0. The Kier molecular flexibility index (Phi) is 4.01. The first-order valence-corrected chi connectivity index (χ1v) is 8.27. The molecule has 3 aromatic rings. The lowest BCUT2D eigenvalue weighted by atomic mass is 10.2. The summed E-state index contributed by atoms with van der Waals surface area (Å²) >= 11 is 8.20. The first-order valence-electron chi connectivity index (χ1n) is 5.81. The Morgan fingerprint density at radius 1 is 1.00 bits per heavy atom. The van der Waals surface area contributed by atoms with Gasteiger partial charge in [-0.15, -0.1) is 11.3 Å². The Morgan fingerprint density at radius 3 is 2.55 bits per heavy atom. The van der Waals surface area contributed by atoms with Gasteiger partial charge in [0.15, 0.2) is 0 Å². The fourth-order valence-electron chi connectivity index (χ4n) is 1.85. The van der Waals surface area contributed by atoms with Crippen molar-refractivity contribution >= 4 is 43.2 Å². The third-order valence-electron chi connectivity index (χ3n) is 2.82. The van der Waals surface area contributed by atoms with Gasteiger partial charge >= 0.3 is 0 Å². The van der Waals surface area contributed by atoms with Crippen molar-refractivity contribution in [1.82, 2.24) is 4.98 Å². The largest absolute Gasteiger partial charge is 0.236 e. The summed E-state index contributed by atoms with van der Waals surface area (Å²) in [6.07, 6.45) is 0. The molecule has 0 radical (unpaired) electrons. The number of benzene rings is 2. The van der Waals surface area contributed by atoms with Crippen LogP contribution in [0.4, 0.5) is 4.39 Å². The molecule has 0 aliphatic rings. The summed E-state index contributed by atoms with van der Waals surface area (Å²) < 4.78 is 15.7. The SMILES string of the molecule is Fc1cc(Br)ccc1-c1nc(-c2ccccc2Br)cs1. The average Bonchev–Trinajstić information content (AvgIpc) is 2.88. The van der Waals surface area contributed by atoms with Gasteiger partial charge < -0.3 is 0 Å². The van der Waals surface area contributed by atoms with Gasteiger partial charge in [-0.05, 0) is 24.3 Å². The van der Waals surface area contributed by atoms with Gasteiger partial charge in [0.1, 0.15) is 10.8 Å². The molecular formula is C15H8Br2FNS. The molecule has 0 atom stereocenters. The van der Waals surface area contributed by atoms with Gasteiger partial charge in [-0.2, -0.15) is 0 Å². The van der Waals surface area contributed by atoms with E-state index < -0.39 is 0 Å². The lowest BCUT2D eigenvalue weighted by molar-refractivity contribution is 0.630. The van der Waals surface area contributed by atoms with E-state index in [9.17, 15) is 4.39 Å². The van der Waals surface area contributed by atoms with E-state index in [1.54, 1.807) is 6.07 Å². The molecule has 0 amide bonds. The van der Waals surface area contributed by atoms with Crippen molar-refractivity contribution in [2.75, 3.05) is 0 Å². The lowest BCUT2D eigenvalue weighted by Gasteiger charge is -2.01. The van der Waals surface area contributed by atoms with Crippen LogP contribution >= 0.6 is 43.2 Å². The summed E-state index contributed by atoms with van der Waals surface area (Å²) in [7, 11) is 0. The first-order chi connectivity index (χ1) is 9.65. The molecule has 3 rings (SSSR count). The topological polar surface area (TPSA) is 12.9 Å². The van der Waals surface area contributed by atoms with Gasteiger partial charge in [0.25, 0.3) is 0 Å². The molecule has 0 aliphatic carbocycles. The predicted octanol–water partition coefficient (Wildman–Crippen LogP) is 6.14. The summed E-state index contributed by atoms with van der Waals surface area (Å²) in [5, 5.41) is 2.62. The zero-order valence-electron chi connectivity index (χ0n) is 10.1. The van der Waals surface area contributed by atoms with Crippen molar-refractivity contribution in [1.29, 1.82) is 0 Å². The monoisotopic (exact) mass is 411 g/mol. The highest BCUT2D eigenvalue weighted by molar-refractivity contribution is 9.10. The molecule has 1 aromatic heterocycles. The van der Waals surface area contributed by atoms with E-state index >= 15 is 0 Å². The van der Waals surface area contributed by atoms with Crippen LogP contribution in [0.2, 0.25) is 0 Å². The number of rotatable bonds is 2. The van der Waals surface area contributed by atoms with E-state index in [0.29, 0.717) is 10.6 Å². The van der Waals surface area contributed by atoms with Crippen LogP contribution in [-0.4, -0.2) is 4.98 Å². The van der Waals surface area contributed by atoms with Crippen molar-refractivity contribution in [3.8, 4) is 21.8 Å². The molecule has 1 heterocycles. The molecule has 5 heteroatoms. The molecule has 1 nitrogen and oxygen atoms in total. The summed E-state index contributed by atoms with van der Waals surface area (Å²) in [4.78, 5) is 4.54. The normalized spacial score (nSPS) is 10.8. The van der Waals surface area contributed by atoms with Crippen LogP contribution in [0.5, 0.6) is 0 Å². The second-order valence-electron chi connectivity index (χ2n) is 4.14. The predicted molar refractivity (Wildman–Crippen MR) is 88.3 cm³/mol. The zero-order chi connectivity index (χ0) is 14.1. The van der Waals surface area contributed by atoms with Gasteiger partial charge in [-0.1, -0.05) is 50.1 Å². The summed E-state index contributed by atoms with van der Waals surface area (Å²) in [6.45, 7) is 0. The van der Waals surface area contributed by atoms with Gasteiger partial charge in [0.2, 0.25) is 0 Å². The number of hydrogen-bond acceptors (Lipinski definition) is 2. The average molecular weight is 413 g/mol. The number of hydrogen-bond donors (Lipinski definition) is 0. The van der Waals surface area contributed by atoms with E-state index in [-0.39, 0.29) is 5.82 Å². The molecule has 100 valence electrons. The summed E-state index contributed by atoms with van der Waals surface area (Å²) in [6, 6.07) is 12.9. The minimum atomic E-state index is -0.271. The molecule has 0 saturated carbocycles. The van der Waals surface area contributed by atoms with Crippen LogP contribution in [-0.2, 0) is 0 Å². The van der Waals surface area contributed by atoms with Gasteiger partial charge in [0.05, 0.1) is 5.69 Å². The van der Waals surface area contributed by atoms with Crippen LogP contribution < -0.4 is 0 Å². The number of aromatic nitrogens is 1. The number of thiazole rings is 1. The fraction of sp³-hybridized carbons (Fsp3) is 0. The second kappa shape index (κ2) is 5.76. The van der Waals surface area contributed by atoms with Crippen molar-refractivity contribution < 1.29 is 4.39 Å². The van der Waals surface area contributed by atoms with Gasteiger partial charge in [0, 0.05) is 25.5 Å². The van der Waals surface area contributed by atoms with Crippen molar-refractivity contribution in [2.45, 2.75) is 0 Å². The molecule has 0 bridgehead atoms. The van der Waals surface area contributed by atoms with Crippen LogP contribution in [0, 0.1) is 5.82 Å². The molecule has 0 unspecified atom stereocenters. The van der Waals surface area contributed by atoms with E-state index in [1.165, 1.54) is 17.4 Å². The third-order valence-corrected chi connectivity index (χ3v) is 4.88. The molecular weight excluding hydrogens is 405 g/mol. The van der Waals surface area contributed by atoms with Crippen LogP contribution in [0.1, 0.15) is 0 Å². The molecule has 0 fully saturated rings. The second-order valence-corrected chi connectivity index (χ2v) is 6.77. The standard InChI is InChI=1S/C15H8Br2FNS/c16-9-5-6-11(13(18)7-9)15-19-14(8-20-15)10-3-1-2-4-12(10)17/h1-8H. The third kappa shape index (κ3) is 2.71. The van der Waals surface area contributed by atoms with Crippen molar-refractivity contribution in [2.24, 2.45) is 0 Å². The smallest absolute Gasteiger partial charge is 0.134 e. The van der Waals surface area contributed by atoms with E-state index in [0.717, 1.165) is 20.2 Å². The Bertz CT molecular complexity index is 770. The Morgan fingerprint density at radius 2 is 1.80 bits per heavy atom. The highest BCUT2D eigenvalue weighted by Crippen LogP contribution is 2.34. The van der Waals surface area contributed by atoms with Crippen molar-refractivity contribution in [3.05, 3.63) is 62.6 Å². The van der Waals surface area contributed by atoms with E-state index in [1.807, 2.05) is 35.7 Å². The van der Waals surface area contributed by atoms with Crippen LogP contribution in [0.25, 0.3) is 21.8 Å². The Labute approximate surface area is 136 Å². The fourth-order valence-corrected chi connectivity index (χ4v) is 3.52. The molecule has 0 aliphatic heterocycles. The quantitative estimate of drug-likeness (QED) is 0.492.